The minimum atomic E-state index is -0.608. The van der Waals surface area contributed by atoms with Crippen LogP contribution in [0.3, 0.4) is 0 Å². The second-order valence-electron chi connectivity index (χ2n) is 3.03. The van der Waals surface area contributed by atoms with Crippen LogP contribution in [-0.4, -0.2) is 18.3 Å². The van der Waals surface area contributed by atoms with Crippen LogP contribution < -0.4 is 10.6 Å². The van der Waals surface area contributed by atoms with Gasteiger partial charge in [0.2, 0.25) is 0 Å². The summed E-state index contributed by atoms with van der Waals surface area (Å²) in [4.78, 5) is 10.9. The Bertz CT molecular complexity index is 423. The first-order valence-electron chi connectivity index (χ1n) is 4.45. The van der Waals surface area contributed by atoms with E-state index < -0.39 is 6.09 Å². The van der Waals surface area contributed by atoms with Crippen LogP contribution in [0.1, 0.15) is 5.56 Å². The van der Waals surface area contributed by atoms with Crippen LogP contribution in [0.25, 0.3) is 0 Å². The monoisotopic (exact) mass is 258 g/mol. The normalized spacial score (nSPS) is 9.44. The minimum absolute atomic E-state index is 0.175. The molecule has 16 heavy (non-hydrogen) atoms. The minimum Gasteiger partial charge on any atom is -0.453 e. The molecular formula is C10H11ClN2O2S. The number of carbonyl (C=O) groups is 1. The number of rotatable bonds is 1. The summed E-state index contributed by atoms with van der Waals surface area (Å²) in [7, 11) is 1.27. The van der Waals surface area contributed by atoms with Gasteiger partial charge in [-0.15, -0.1) is 0 Å². The molecule has 0 aromatic heterocycles. The maximum absolute atomic E-state index is 10.9. The van der Waals surface area contributed by atoms with E-state index in [1.165, 1.54) is 7.11 Å². The molecule has 1 rings (SSSR count). The second kappa shape index (κ2) is 5.67. The number of alkyl carbamates (subject to hydrolysis) is 1. The molecule has 1 aromatic rings. The molecule has 0 atom stereocenters. The highest BCUT2D eigenvalue weighted by molar-refractivity contribution is 7.80. The van der Waals surface area contributed by atoms with E-state index in [0.717, 1.165) is 11.3 Å². The van der Waals surface area contributed by atoms with E-state index in [-0.39, 0.29) is 5.11 Å². The Hall–Kier alpha value is -1.33. The summed E-state index contributed by atoms with van der Waals surface area (Å²) in [5, 5.41) is 6.03. The van der Waals surface area contributed by atoms with Crippen molar-refractivity contribution >= 4 is 40.7 Å². The van der Waals surface area contributed by atoms with E-state index in [9.17, 15) is 4.79 Å². The topological polar surface area (TPSA) is 50.4 Å². The van der Waals surface area contributed by atoms with Gasteiger partial charge in [-0.25, -0.2) is 4.79 Å². The van der Waals surface area contributed by atoms with E-state index in [2.05, 4.69) is 15.4 Å². The smallest absolute Gasteiger partial charge is 0.413 e. The van der Waals surface area contributed by atoms with Gasteiger partial charge in [0.15, 0.2) is 5.11 Å². The fourth-order valence-electron chi connectivity index (χ4n) is 1.03. The van der Waals surface area contributed by atoms with Crippen molar-refractivity contribution < 1.29 is 9.53 Å². The number of benzene rings is 1. The van der Waals surface area contributed by atoms with Crippen molar-refractivity contribution in [2.24, 2.45) is 0 Å². The molecule has 86 valence electrons. The van der Waals surface area contributed by atoms with Crippen LogP contribution in [0.4, 0.5) is 10.5 Å². The van der Waals surface area contributed by atoms with E-state index in [0.29, 0.717) is 5.02 Å². The zero-order valence-electron chi connectivity index (χ0n) is 8.83. The van der Waals surface area contributed by atoms with Crippen molar-refractivity contribution in [1.82, 2.24) is 5.32 Å². The third-order valence-corrected chi connectivity index (χ3v) is 2.45. The number of nitrogens with one attached hydrogen (secondary N) is 2. The Morgan fingerprint density at radius 3 is 2.75 bits per heavy atom. The Morgan fingerprint density at radius 1 is 1.50 bits per heavy atom. The van der Waals surface area contributed by atoms with Crippen LogP contribution in [-0.2, 0) is 4.74 Å². The molecule has 0 fully saturated rings. The molecule has 1 aromatic carbocycles. The molecule has 0 aliphatic heterocycles. The first kappa shape index (κ1) is 12.7. The van der Waals surface area contributed by atoms with Crippen LogP contribution in [0.2, 0.25) is 5.02 Å². The molecule has 0 bridgehead atoms. The Kier molecular flexibility index (Phi) is 4.52. The number of ether oxygens (including phenoxy) is 1. The van der Waals surface area contributed by atoms with E-state index in [1.807, 2.05) is 13.0 Å². The average molecular weight is 259 g/mol. The van der Waals surface area contributed by atoms with Gasteiger partial charge in [-0.2, -0.15) is 0 Å². The Labute approximate surface area is 104 Å². The van der Waals surface area contributed by atoms with Gasteiger partial charge in [-0.05, 0) is 42.9 Å². The highest BCUT2D eigenvalue weighted by atomic mass is 35.5. The molecular weight excluding hydrogens is 248 g/mol. The third-order valence-electron chi connectivity index (χ3n) is 1.82. The van der Waals surface area contributed by atoms with E-state index in [1.54, 1.807) is 12.1 Å². The summed E-state index contributed by atoms with van der Waals surface area (Å²) in [5.41, 5.74) is 1.68. The number of thiocarbonyl (C=S) groups is 1. The number of hydrogen-bond donors (Lipinski definition) is 2. The zero-order valence-corrected chi connectivity index (χ0v) is 10.4. The van der Waals surface area contributed by atoms with E-state index in [4.69, 9.17) is 23.8 Å². The van der Waals surface area contributed by atoms with Crippen LogP contribution in [0, 0.1) is 6.92 Å². The molecule has 0 unspecified atom stereocenters. The maximum Gasteiger partial charge on any atom is 0.413 e. The van der Waals surface area contributed by atoms with Crippen molar-refractivity contribution in [2.75, 3.05) is 12.4 Å². The number of hydrogen-bond acceptors (Lipinski definition) is 3. The van der Waals surface area contributed by atoms with Crippen molar-refractivity contribution in [3.8, 4) is 0 Å². The third kappa shape index (κ3) is 3.67. The van der Waals surface area contributed by atoms with Gasteiger partial charge in [0, 0.05) is 10.7 Å². The lowest BCUT2D eigenvalue weighted by atomic mass is 10.2. The molecule has 0 aliphatic rings. The molecule has 0 aliphatic carbocycles. The standard InChI is InChI=1S/C10H11ClN2O2S/c1-6-5-7(3-4-8(6)11)12-9(16)13-10(14)15-2/h3-5H,1-2H3,(H2,12,13,14,16). The molecule has 1 amide bonds. The lowest BCUT2D eigenvalue weighted by Crippen LogP contribution is -2.33. The highest BCUT2D eigenvalue weighted by Gasteiger charge is 2.04. The summed E-state index contributed by atoms with van der Waals surface area (Å²) in [6.07, 6.45) is -0.608. The molecule has 0 spiro atoms. The summed E-state index contributed by atoms with van der Waals surface area (Å²) in [5.74, 6) is 0. The molecule has 2 N–H and O–H groups in total. The summed E-state index contributed by atoms with van der Waals surface area (Å²) in [6, 6.07) is 5.34. The van der Waals surface area contributed by atoms with Gasteiger partial charge in [0.05, 0.1) is 7.11 Å². The molecule has 6 heteroatoms. The van der Waals surface area contributed by atoms with Gasteiger partial charge >= 0.3 is 6.09 Å². The first-order valence-corrected chi connectivity index (χ1v) is 5.23. The fourth-order valence-corrected chi connectivity index (χ4v) is 1.35. The second-order valence-corrected chi connectivity index (χ2v) is 3.85. The fraction of sp³-hybridized carbons (Fsp3) is 0.200. The van der Waals surface area contributed by atoms with Gasteiger partial charge in [-0.3, -0.25) is 5.32 Å². The SMILES string of the molecule is COC(=O)NC(=S)Nc1ccc(Cl)c(C)c1. The maximum atomic E-state index is 10.9. The van der Waals surface area contributed by atoms with Gasteiger partial charge in [0.25, 0.3) is 0 Å². The lowest BCUT2D eigenvalue weighted by molar-refractivity contribution is 0.177. The number of aryl methyl sites for hydroxylation is 1. The largest absolute Gasteiger partial charge is 0.453 e. The van der Waals surface area contributed by atoms with Crippen LogP contribution in [0.15, 0.2) is 18.2 Å². The molecule has 0 saturated heterocycles. The van der Waals surface area contributed by atoms with Crippen molar-refractivity contribution in [1.29, 1.82) is 0 Å². The predicted molar refractivity (Wildman–Crippen MR) is 68.0 cm³/mol. The number of amides is 1. The van der Waals surface area contributed by atoms with Crippen molar-refractivity contribution in [2.45, 2.75) is 6.92 Å². The lowest BCUT2D eigenvalue weighted by Gasteiger charge is -2.09. The zero-order chi connectivity index (χ0) is 12.1. The number of halogens is 1. The highest BCUT2D eigenvalue weighted by Crippen LogP contribution is 2.19. The summed E-state index contributed by atoms with van der Waals surface area (Å²) < 4.78 is 4.40. The average Bonchev–Trinajstić information content (AvgIpc) is 2.23. The Balaban J connectivity index is 2.63. The first-order chi connectivity index (χ1) is 7.52. The van der Waals surface area contributed by atoms with Crippen molar-refractivity contribution in [3.63, 3.8) is 0 Å². The Morgan fingerprint density at radius 2 is 2.19 bits per heavy atom. The summed E-state index contributed by atoms with van der Waals surface area (Å²) in [6.45, 7) is 1.88. The van der Waals surface area contributed by atoms with E-state index >= 15 is 0 Å². The number of methoxy groups -OCH3 is 1. The number of carbonyl (C=O) groups excluding carboxylic acids is 1. The molecule has 0 radical (unpaired) electrons. The van der Waals surface area contributed by atoms with Gasteiger partial charge in [-0.1, -0.05) is 11.6 Å². The predicted octanol–water partition coefficient (Wildman–Crippen LogP) is 2.70. The molecule has 4 nitrogen and oxygen atoms in total. The molecule has 0 heterocycles. The summed E-state index contributed by atoms with van der Waals surface area (Å²) >= 11 is 10.8. The number of anilines is 1. The van der Waals surface area contributed by atoms with Gasteiger partial charge in [0.1, 0.15) is 0 Å². The van der Waals surface area contributed by atoms with Crippen molar-refractivity contribution in [3.05, 3.63) is 28.8 Å². The molecule has 0 saturated carbocycles. The quantitative estimate of drug-likeness (QED) is 0.761. The van der Waals surface area contributed by atoms with Gasteiger partial charge < -0.3 is 10.1 Å². The van der Waals surface area contributed by atoms with Crippen LogP contribution >= 0.6 is 23.8 Å². The van der Waals surface area contributed by atoms with Crippen LogP contribution in [0.5, 0.6) is 0 Å².